The summed E-state index contributed by atoms with van der Waals surface area (Å²) in [6.45, 7) is 7.11. The fourth-order valence-corrected chi connectivity index (χ4v) is 2.91. The molecule has 2 rings (SSSR count). The lowest BCUT2D eigenvalue weighted by Crippen LogP contribution is -2.07. The first-order chi connectivity index (χ1) is 8.63. The average molecular weight is 327 g/mol. The zero-order chi connectivity index (χ0) is 13.1. The van der Waals surface area contributed by atoms with E-state index in [-0.39, 0.29) is 0 Å². The molecule has 2 aromatic rings. The number of rotatable bonds is 4. The van der Waals surface area contributed by atoms with Crippen LogP contribution in [0.4, 0.5) is 5.82 Å². The third kappa shape index (κ3) is 2.70. The summed E-state index contributed by atoms with van der Waals surface area (Å²) in [5.41, 5.74) is 1.01. The maximum Gasteiger partial charge on any atom is 0.191 e. The predicted octanol–water partition coefficient (Wildman–Crippen LogP) is 3.92. The molecule has 2 heterocycles. The van der Waals surface area contributed by atoms with Crippen molar-refractivity contribution in [2.45, 2.75) is 26.7 Å². The van der Waals surface area contributed by atoms with E-state index in [1.54, 1.807) is 17.5 Å². The molecule has 0 saturated carbocycles. The maximum atomic E-state index is 4.61. The minimum absolute atomic E-state index is 0.332. The van der Waals surface area contributed by atoms with Crippen molar-refractivity contribution in [3.8, 4) is 10.8 Å². The van der Waals surface area contributed by atoms with Crippen molar-refractivity contribution in [1.82, 2.24) is 15.0 Å². The van der Waals surface area contributed by atoms with E-state index < -0.39 is 0 Å². The van der Waals surface area contributed by atoms with E-state index in [0.29, 0.717) is 11.7 Å². The molecule has 0 spiro atoms. The Morgan fingerprint density at radius 3 is 2.72 bits per heavy atom. The van der Waals surface area contributed by atoms with E-state index in [0.717, 1.165) is 27.5 Å². The summed E-state index contributed by atoms with van der Waals surface area (Å²) in [7, 11) is 0. The number of aromatic nitrogens is 3. The SMILES string of the molecule is CCNc1nc(-c2nccs2)nc(C(C)C)c1Br. The van der Waals surface area contributed by atoms with E-state index in [1.807, 2.05) is 12.3 Å². The standard InChI is InChI=1S/C12H15BrN4S/c1-4-14-10-8(13)9(7(2)3)16-11(17-10)12-15-5-6-18-12/h5-7H,4H2,1-3H3,(H,14,16,17). The van der Waals surface area contributed by atoms with Gasteiger partial charge in [0, 0.05) is 18.1 Å². The van der Waals surface area contributed by atoms with Crippen LogP contribution in [0.2, 0.25) is 0 Å². The molecule has 0 fully saturated rings. The van der Waals surface area contributed by atoms with Crippen LogP contribution >= 0.6 is 27.3 Å². The summed E-state index contributed by atoms with van der Waals surface area (Å²) in [6.07, 6.45) is 1.77. The lowest BCUT2D eigenvalue weighted by molar-refractivity contribution is 0.809. The Morgan fingerprint density at radius 2 is 2.17 bits per heavy atom. The van der Waals surface area contributed by atoms with Crippen LogP contribution in [0, 0.1) is 0 Å². The fourth-order valence-electron chi connectivity index (χ4n) is 1.56. The Bertz CT molecular complexity index is 525. The van der Waals surface area contributed by atoms with E-state index in [2.05, 4.69) is 50.0 Å². The highest BCUT2D eigenvalue weighted by Gasteiger charge is 2.16. The van der Waals surface area contributed by atoms with Crippen molar-refractivity contribution in [2.24, 2.45) is 0 Å². The van der Waals surface area contributed by atoms with Gasteiger partial charge in [-0.3, -0.25) is 0 Å². The van der Waals surface area contributed by atoms with Crippen molar-refractivity contribution in [3.63, 3.8) is 0 Å². The normalized spacial score (nSPS) is 10.9. The van der Waals surface area contributed by atoms with Crippen LogP contribution in [0.1, 0.15) is 32.4 Å². The number of nitrogens with zero attached hydrogens (tertiary/aromatic N) is 3. The fraction of sp³-hybridized carbons (Fsp3) is 0.417. The summed E-state index contributed by atoms with van der Waals surface area (Å²) in [4.78, 5) is 13.4. The van der Waals surface area contributed by atoms with Gasteiger partial charge >= 0.3 is 0 Å². The molecule has 0 saturated heterocycles. The van der Waals surface area contributed by atoms with Gasteiger partial charge in [0.2, 0.25) is 0 Å². The lowest BCUT2D eigenvalue weighted by atomic mass is 10.1. The minimum Gasteiger partial charge on any atom is -0.369 e. The Hall–Kier alpha value is -1.01. The molecule has 0 atom stereocenters. The summed E-state index contributed by atoms with van der Waals surface area (Å²) >= 11 is 5.13. The van der Waals surface area contributed by atoms with Crippen LogP contribution in [0.5, 0.6) is 0 Å². The summed E-state index contributed by atoms with van der Waals surface area (Å²) in [5, 5.41) is 6.04. The first-order valence-electron chi connectivity index (χ1n) is 5.84. The van der Waals surface area contributed by atoms with Crippen molar-refractivity contribution in [3.05, 3.63) is 21.7 Å². The van der Waals surface area contributed by atoms with Crippen molar-refractivity contribution in [1.29, 1.82) is 0 Å². The molecule has 2 aromatic heterocycles. The Labute approximate surface area is 119 Å². The van der Waals surface area contributed by atoms with Crippen molar-refractivity contribution >= 4 is 33.1 Å². The van der Waals surface area contributed by atoms with Gasteiger partial charge in [-0.15, -0.1) is 11.3 Å². The molecule has 0 aliphatic rings. The average Bonchev–Trinajstić information content (AvgIpc) is 2.85. The van der Waals surface area contributed by atoms with Gasteiger partial charge in [-0.2, -0.15) is 0 Å². The van der Waals surface area contributed by atoms with Crippen LogP contribution < -0.4 is 5.32 Å². The number of halogens is 1. The van der Waals surface area contributed by atoms with E-state index in [1.165, 1.54) is 0 Å². The monoisotopic (exact) mass is 326 g/mol. The highest BCUT2D eigenvalue weighted by molar-refractivity contribution is 9.10. The van der Waals surface area contributed by atoms with E-state index in [9.17, 15) is 0 Å². The van der Waals surface area contributed by atoms with Crippen molar-refractivity contribution in [2.75, 3.05) is 11.9 Å². The second-order valence-corrected chi connectivity index (χ2v) is 5.80. The highest BCUT2D eigenvalue weighted by Crippen LogP contribution is 2.31. The van der Waals surface area contributed by atoms with Crippen LogP contribution in [-0.4, -0.2) is 21.5 Å². The third-order valence-corrected chi connectivity index (χ3v) is 3.94. The van der Waals surface area contributed by atoms with Gasteiger partial charge in [-0.25, -0.2) is 15.0 Å². The summed E-state index contributed by atoms with van der Waals surface area (Å²) < 4.78 is 0.944. The smallest absolute Gasteiger partial charge is 0.191 e. The summed E-state index contributed by atoms with van der Waals surface area (Å²) in [5.74, 6) is 1.85. The first-order valence-corrected chi connectivity index (χ1v) is 7.52. The zero-order valence-electron chi connectivity index (χ0n) is 10.6. The lowest BCUT2D eigenvalue weighted by Gasteiger charge is -2.13. The van der Waals surface area contributed by atoms with Gasteiger partial charge < -0.3 is 5.32 Å². The van der Waals surface area contributed by atoms with E-state index in [4.69, 9.17) is 0 Å². The molecule has 0 radical (unpaired) electrons. The van der Waals surface area contributed by atoms with Crippen molar-refractivity contribution < 1.29 is 0 Å². The topological polar surface area (TPSA) is 50.7 Å². The maximum absolute atomic E-state index is 4.61. The molecule has 6 heteroatoms. The molecule has 0 unspecified atom stereocenters. The van der Waals surface area contributed by atoms with Crippen LogP contribution in [0.3, 0.4) is 0 Å². The Morgan fingerprint density at radius 1 is 1.39 bits per heavy atom. The van der Waals surface area contributed by atoms with Gasteiger partial charge in [0.25, 0.3) is 0 Å². The largest absolute Gasteiger partial charge is 0.369 e. The Balaban J connectivity index is 2.55. The highest BCUT2D eigenvalue weighted by atomic mass is 79.9. The number of thiazole rings is 1. The molecule has 1 N–H and O–H groups in total. The van der Waals surface area contributed by atoms with Gasteiger partial charge in [-0.05, 0) is 28.8 Å². The second-order valence-electron chi connectivity index (χ2n) is 4.12. The molecule has 18 heavy (non-hydrogen) atoms. The third-order valence-electron chi connectivity index (χ3n) is 2.39. The second kappa shape index (κ2) is 5.75. The number of anilines is 1. The summed E-state index contributed by atoms with van der Waals surface area (Å²) in [6, 6.07) is 0. The van der Waals surface area contributed by atoms with Crippen LogP contribution in [-0.2, 0) is 0 Å². The van der Waals surface area contributed by atoms with Gasteiger partial charge in [0.15, 0.2) is 10.8 Å². The molecule has 0 amide bonds. The first kappa shape index (κ1) is 13.4. The molecule has 0 aliphatic heterocycles. The van der Waals surface area contributed by atoms with Crippen LogP contribution in [0.25, 0.3) is 10.8 Å². The molecule has 0 bridgehead atoms. The van der Waals surface area contributed by atoms with Gasteiger partial charge in [-0.1, -0.05) is 13.8 Å². The van der Waals surface area contributed by atoms with Gasteiger partial charge in [0.05, 0.1) is 10.2 Å². The molecular weight excluding hydrogens is 312 g/mol. The number of nitrogens with one attached hydrogen (secondary N) is 1. The zero-order valence-corrected chi connectivity index (χ0v) is 13.0. The van der Waals surface area contributed by atoms with Gasteiger partial charge in [0.1, 0.15) is 5.82 Å². The minimum atomic E-state index is 0.332. The van der Waals surface area contributed by atoms with E-state index >= 15 is 0 Å². The number of hydrogen-bond donors (Lipinski definition) is 1. The molecule has 96 valence electrons. The van der Waals surface area contributed by atoms with Crippen LogP contribution in [0.15, 0.2) is 16.0 Å². The quantitative estimate of drug-likeness (QED) is 0.925. The molecule has 4 nitrogen and oxygen atoms in total. The predicted molar refractivity (Wildman–Crippen MR) is 79.1 cm³/mol. The molecule has 0 aliphatic carbocycles. The molecule has 0 aromatic carbocycles. The number of hydrogen-bond acceptors (Lipinski definition) is 5. The Kier molecular flexibility index (Phi) is 4.29. The molecular formula is C12H15BrN4S.